The third kappa shape index (κ3) is 4.20. The maximum Gasteiger partial charge on any atom is 0.0446 e. The smallest absolute Gasteiger partial charge is 0.0446 e. The quantitative estimate of drug-likeness (QED) is 0.657. The standard InChI is InChI=1S/C15H12BrClS/c16-14-7-5-12(6-8-14)9-10-18-11-13-3-1-2-4-15(13)17/h1-10H,11H2/b10-9-. The fourth-order valence-corrected chi connectivity index (χ4v) is 2.78. The lowest BCUT2D eigenvalue weighted by molar-refractivity contribution is 1.42. The highest BCUT2D eigenvalue weighted by molar-refractivity contribution is 9.10. The lowest BCUT2D eigenvalue weighted by Gasteiger charge is -2.00. The molecule has 2 aromatic carbocycles. The lowest BCUT2D eigenvalue weighted by atomic mass is 10.2. The summed E-state index contributed by atoms with van der Waals surface area (Å²) in [5.74, 6) is 0.896. The second-order valence-electron chi connectivity index (χ2n) is 3.76. The van der Waals surface area contributed by atoms with Gasteiger partial charge in [0, 0.05) is 15.2 Å². The zero-order valence-corrected chi connectivity index (χ0v) is 12.8. The minimum absolute atomic E-state index is 0.835. The topological polar surface area (TPSA) is 0 Å². The molecule has 92 valence electrons. The molecule has 0 atom stereocenters. The molecule has 2 rings (SSSR count). The Morgan fingerprint density at radius 2 is 1.78 bits per heavy atom. The van der Waals surface area contributed by atoms with Crippen LogP contribution in [0.2, 0.25) is 5.02 Å². The Morgan fingerprint density at radius 1 is 1.06 bits per heavy atom. The van der Waals surface area contributed by atoms with Crippen LogP contribution >= 0.6 is 39.3 Å². The van der Waals surface area contributed by atoms with Gasteiger partial charge < -0.3 is 0 Å². The third-order valence-corrected chi connectivity index (χ3v) is 4.13. The predicted molar refractivity (Wildman–Crippen MR) is 85.9 cm³/mol. The van der Waals surface area contributed by atoms with E-state index in [0.717, 1.165) is 15.2 Å². The molecule has 0 aliphatic heterocycles. The average molecular weight is 340 g/mol. The molecule has 0 amide bonds. The molecular weight excluding hydrogens is 328 g/mol. The molecule has 0 saturated carbocycles. The van der Waals surface area contributed by atoms with Gasteiger partial charge >= 0.3 is 0 Å². The summed E-state index contributed by atoms with van der Waals surface area (Å²) in [6.45, 7) is 0. The third-order valence-electron chi connectivity index (χ3n) is 2.42. The van der Waals surface area contributed by atoms with Crippen molar-refractivity contribution in [1.29, 1.82) is 0 Å². The van der Waals surface area contributed by atoms with Gasteiger partial charge in [0.05, 0.1) is 0 Å². The van der Waals surface area contributed by atoms with Crippen LogP contribution in [0.3, 0.4) is 0 Å². The molecule has 0 aliphatic carbocycles. The summed E-state index contributed by atoms with van der Waals surface area (Å²) in [4.78, 5) is 0. The minimum Gasteiger partial charge on any atom is -0.129 e. The predicted octanol–water partition coefficient (Wildman–Crippen LogP) is 6.01. The number of hydrogen-bond acceptors (Lipinski definition) is 1. The van der Waals surface area contributed by atoms with Gasteiger partial charge in [0.25, 0.3) is 0 Å². The molecule has 3 heteroatoms. The van der Waals surface area contributed by atoms with E-state index in [4.69, 9.17) is 11.6 Å². The van der Waals surface area contributed by atoms with Gasteiger partial charge in [-0.3, -0.25) is 0 Å². The van der Waals surface area contributed by atoms with Crippen LogP contribution in [-0.2, 0) is 5.75 Å². The van der Waals surface area contributed by atoms with Crippen LogP contribution in [0.1, 0.15) is 11.1 Å². The van der Waals surface area contributed by atoms with Crippen molar-refractivity contribution in [2.24, 2.45) is 0 Å². The van der Waals surface area contributed by atoms with E-state index in [2.05, 4.69) is 45.6 Å². The summed E-state index contributed by atoms with van der Waals surface area (Å²) < 4.78 is 1.10. The van der Waals surface area contributed by atoms with Crippen molar-refractivity contribution in [3.05, 3.63) is 74.6 Å². The molecule has 0 nitrogen and oxygen atoms in total. The van der Waals surface area contributed by atoms with Gasteiger partial charge in [-0.15, -0.1) is 11.8 Å². The van der Waals surface area contributed by atoms with E-state index in [9.17, 15) is 0 Å². The zero-order chi connectivity index (χ0) is 12.8. The van der Waals surface area contributed by atoms with Crippen molar-refractivity contribution in [2.75, 3.05) is 0 Å². The van der Waals surface area contributed by atoms with Crippen molar-refractivity contribution in [1.82, 2.24) is 0 Å². The Hall–Kier alpha value is -0.700. The molecule has 0 fully saturated rings. The molecule has 0 saturated heterocycles. The second kappa shape index (κ2) is 7.03. The van der Waals surface area contributed by atoms with Gasteiger partial charge in [0.2, 0.25) is 0 Å². The normalized spacial score (nSPS) is 11.0. The van der Waals surface area contributed by atoms with Crippen LogP contribution in [0.25, 0.3) is 6.08 Å². The van der Waals surface area contributed by atoms with Crippen molar-refractivity contribution >= 4 is 45.4 Å². The molecule has 0 bridgehead atoms. The van der Waals surface area contributed by atoms with Gasteiger partial charge in [-0.2, -0.15) is 0 Å². The minimum atomic E-state index is 0.835. The molecule has 0 aliphatic rings. The number of hydrogen-bond donors (Lipinski definition) is 0. The van der Waals surface area contributed by atoms with Crippen molar-refractivity contribution in [3.63, 3.8) is 0 Å². The molecule has 2 aromatic rings. The highest BCUT2D eigenvalue weighted by Crippen LogP contribution is 2.22. The van der Waals surface area contributed by atoms with E-state index in [1.54, 1.807) is 11.8 Å². The molecule has 0 radical (unpaired) electrons. The lowest BCUT2D eigenvalue weighted by Crippen LogP contribution is -1.79. The van der Waals surface area contributed by atoms with Crippen molar-refractivity contribution in [2.45, 2.75) is 5.75 Å². The van der Waals surface area contributed by atoms with Crippen LogP contribution in [0.5, 0.6) is 0 Å². The van der Waals surface area contributed by atoms with Gasteiger partial charge in [0.15, 0.2) is 0 Å². The first-order valence-electron chi connectivity index (χ1n) is 5.53. The fourth-order valence-electron chi connectivity index (χ4n) is 1.45. The largest absolute Gasteiger partial charge is 0.129 e. The summed E-state index contributed by atoms with van der Waals surface area (Å²) in [7, 11) is 0. The maximum atomic E-state index is 6.09. The molecule has 0 N–H and O–H groups in total. The van der Waals surface area contributed by atoms with E-state index >= 15 is 0 Å². The van der Waals surface area contributed by atoms with Crippen molar-refractivity contribution < 1.29 is 0 Å². The van der Waals surface area contributed by atoms with E-state index in [1.807, 2.05) is 30.3 Å². The van der Waals surface area contributed by atoms with E-state index < -0.39 is 0 Å². The zero-order valence-electron chi connectivity index (χ0n) is 9.64. The van der Waals surface area contributed by atoms with Gasteiger partial charge in [0.1, 0.15) is 0 Å². The monoisotopic (exact) mass is 338 g/mol. The number of halogens is 2. The summed E-state index contributed by atoms with van der Waals surface area (Å²) in [6.07, 6.45) is 2.11. The summed E-state index contributed by atoms with van der Waals surface area (Å²) >= 11 is 11.3. The summed E-state index contributed by atoms with van der Waals surface area (Å²) in [6, 6.07) is 16.2. The molecule has 0 aromatic heterocycles. The number of thioether (sulfide) groups is 1. The first-order chi connectivity index (χ1) is 8.75. The highest BCUT2D eigenvalue weighted by Gasteiger charge is 1.96. The molecular formula is C15H12BrClS. The van der Waals surface area contributed by atoms with E-state index in [-0.39, 0.29) is 0 Å². The SMILES string of the molecule is Clc1ccccc1CS/C=C\c1ccc(Br)cc1. The maximum absolute atomic E-state index is 6.09. The van der Waals surface area contributed by atoms with Crippen LogP contribution in [0.15, 0.2) is 58.4 Å². The first kappa shape index (κ1) is 13.7. The van der Waals surface area contributed by atoms with E-state index in [1.165, 1.54) is 11.1 Å². The highest BCUT2D eigenvalue weighted by atomic mass is 79.9. The van der Waals surface area contributed by atoms with Crippen molar-refractivity contribution in [3.8, 4) is 0 Å². The second-order valence-corrected chi connectivity index (χ2v) is 5.97. The summed E-state index contributed by atoms with van der Waals surface area (Å²) in [5, 5.41) is 2.94. The van der Waals surface area contributed by atoms with Crippen LogP contribution in [0, 0.1) is 0 Å². The van der Waals surface area contributed by atoms with Crippen LogP contribution in [0.4, 0.5) is 0 Å². The van der Waals surface area contributed by atoms with Crippen LogP contribution in [-0.4, -0.2) is 0 Å². The Morgan fingerprint density at radius 3 is 2.50 bits per heavy atom. The molecule has 18 heavy (non-hydrogen) atoms. The number of rotatable bonds is 4. The Balaban J connectivity index is 1.89. The molecule has 0 heterocycles. The van der Waals surface area contributed by atoms with Gasteiger partial charge in [-0.05, 0) is 40.8 Å². The Labute approximate surface area is 125 Å². The Bertz CT molecular complexity index is 534. The fraction of sp³-hybridized carbons (Fsp3) is 0.0667. The average Bonchev–Trinajstić information content (AvgIpc) is 2.39. The van der Waals surface area contributed by atoms with Crippen LogP contribution < -0.4 is 0 Å². The summed E-state index contributed by atoms with van der Waals surface area (Å²) in [5.41, 5.74) is 2.37. The Kier molecular flexibility index (Phi) is 5.36. The van der Waals surface area contributed by atoms with Gasteiger partial charge in [-0.25, -0.2) is 0 Å². The first-order valence-corrected chi connectivity index (χ1v) is 7.75. The van der Waals surface area contributed by atoms with E-state index in [0.29, 0.717) is 0 Å². The van der Waals surface area contributed by atoms with Gasteiger partial charge in [-0.1, -0.05) is 57.9 Å². The molecule has 0 unspecified atom stereocenters. The molecule has 0 spiro atoms. The number of benzene rings is 2.